The van der Waals surface area contributed by atoms with Crippen molar-refractivity contribution in [2.45, 2.75) is 24.3 Å². The largest absolute Gasteiger partial charge is 0.384 e. The van der Waals surface area contributed by atoms with Gasteiger partial charge in [-0.1, -0.05) is 24.3 Å². The maximum Gasteiger partial charge on any atom is 0.0565 e. The van der Waals surface area contributed by atoms with Crippen LogP contribution in [0.3, 0.4) is 0 Å². The quantitative estimate of drug-likeness (QED) is 0.328. The molecule has 1 saturated heterocycles. The van der Waals surface area contributed by atoms with Gasteiger partial charge in [-0.2, -0.15) is 5.10 Å². The number of aromatic nitrogens is 2. The first-order valence-corrected chi connectivity index (χ1v) is 9.95. The third-order valence-corrected chi connectivity index (χ3v) is 5.12. The Morgan fingerprint density at radius 1 is 1.21 bits per heavy atom. The minimum Gasteiger partial charge on any atom is -0.384 e. The molecule has 1 aliphatic heterocycles. The molecule has 5 nitrogen and oxygen atoms in total. The van der Waals surface area contributed by atoms with E-state index in [0.717, 1.165) is 40.4 Å². The summed E-state index contributed by atoms with van der Waals surface area (Å²) >= 11 is 4.08. The predicted molar refractivity (Wildman–Crippen MR) is 120 cm³/mol. The van der Waals surface area contributed by atoms with Crippen molar-refractivity contribution in [3.05, 3.63) is 66.5 Å². The van der Waals surface area contributed by atoms with Crippen LogP contribution >= 0.6 is 12.6 Å². The number of rotatable bonds is 5. The van der Waals surface area contributed by atoms with Gasteiger partial charge < -0.3 is 16.0 Å². The molecule has 2 aromatic carbocycles. The van der Waals surface area contributed by atoms with Crippen LogP contribution in [0.5, 0.6) is 0 Å². The van der Waals surface area contributed by atoms with Crippen LogP contribution in [0, 0.1) is 11.3 Å². The molecule has 0 bridgehead atoms. The van der Waals surface area contributed by atoms with Crippen LogP contribution in [-0.2, 0) is 0 Å². The molecule has 28 heavy (non-hydrogen) atoms. The number of hydrogen-bond acceptors (Lipinski definition) is 5. The number of hydrogen-bond donors (Lipinski definition) is 5. The van der Waals surface area contributed by atoms with E-state index >= 15 is 0 Å². The van der Waals surface area contributed by atoms with E-state index in [1.807, 2.05) is 42.6 Å². The van der Waals surface area contributed by atoms with Crippen LogP contribution < -0.4 is 10.6 Å². The lowest BCUT2D eigenvalue weighted by atomic mass is 10.0. The summed E-state index contributed by atoms with van der Waals surface area (Å²) in [4.78, 5) is 1.02. The van der Waals surface area contributed by atoms with Crippen molar-refractivity contribution >= 4 is 24.5 Å². The lowest BCUT2D eigenvalue weighted by molar-refractivity contribution is 0.596. The van der Waals surface area contributed by atoms with Gasteiger partial charge in [0.1, 0.15) is 0 Å². The summed E-state index contributed by atoms with van der Waals surface area (Å²) in [5.74, 6) is 0.659. The highest BCUT2D eigenvalue weighted by Gasteiger charge is 2.20. The highest BCUT2D eigenvalue weighted by atomic mass is 32.1. The fourth-order valence-electron chi connectivity index (χ4n) is 3.30. The van der Waals surface area contributed by atoms with Gasteiger partial charge in [0.2, 0.25) is 0 Å². The molecule has 2 unspecified atom stereocenters. The standard InChI is InChI=1S/C16H21N5.C6H6S/c1-11-4-12(7-18-11)8-19-16-3-2-13(5-14(16)6-17)15-9-20-21-10-15;7-6-4-2-1-3-5-6/h2-3,5-6,9-12,17-19H,4,7-8H2,1H3,(H,20,21);1-5,7H. The molecule has 4 N–H and O–H groups in total. The lowest BCUT2D eigenvalue weighted by Gasteiger charge is -2.14. The number of nitrogens with zero attached hydrogens (tertiary/aromatic N) is 1. The van der Waals surface area contributed by atoms with Crippen LogP contribution in [0.4, 0.5) is 5.69 Å². The van der Waals surface area contributed by atoms with E-state index in [0.29, 0.717) is 12.0 Å². The van der Waals surface area contributed by atoms with Crippen molar-refractivity contribution in [1.29, 1.82) is 5.41 Å². The Morgan fingerprint density at radius 3 is 2.61 bits per heavy atom. The first-order chi connectivity index (χ1) is 13.7. The smallest absolute Gasteiger partial charge is 0.0565 e. The normalized spacial score (nSPS) is 18.2. The van der Waals surface area contributed by atoms with E-state index in [9.17, 15) is 0 Å². The molecule has 1 aromatic heterocycles. The van der Waals surface area contributed by atoms with Crippen LogP contribution in [-0.4, -0.2) is 35.5 Å². The van der Waals surface area contributed by atoms with Gasteiger partial charge in [-0.25, -0.2) is 0 Å². The highest BCUT2D eigenvalue weighted by Crippen LogP contribution is 2.24. The molecule has 2 heterocycles. The number of aromatic amines is 1. The van der Waals surface area contributed by atoms with Gasteiger partial charge in [-0.15, -0.1) is 12.6 Å². The van der Waals surface area contributed by atoms with Crippen LogP contribution in [0.25, 0.3) is 11.1 Å². The van der Waals surface area contributed by atoms with Gasteiger partial charge in [0.25, 0.3) is 0 Å². The van der Waals surface area contributed by atoms with Gasteiger partial charge >= 0.3 is 0 Å². The van der Waals surface area contributed by atoms with Gasteiger partial charge in [-0.05, 0) is 55.6 Å². The summed E-state index contributed by atoms with van der Waals surface area (Å²) in [5, 5.41) is 21.4. The van der Waals surface area contributed by atoms with Crippen molar-refractivity contribution in [2.75, 3.05) is 18.4 Å². The Hall–Kier alpha value is -2.57. The Bertz CT molecular complexity index is 864. The molecule has 0 radical (unpaired) electrons. The van der Waals surface area contributed by atoms with Crippen molar-refractivity contribution in [3.8, 4) is 11.1 Å². The minimum absolute atomic E-state index is 0.613. The maximum absolute atomic E-state index is 7.63. The number of nitrogens with one attached hydrogen (secondary N) is 4. The van der Waals surface area contributed by atoms with E-state index < -0.39 is 0 Å². The minimum atomic E-state index is 0.613. The molecule has 1 aliphatic rings. The van der Waals surface area contributed by atoms with E-state index in [4.69, 9.17) is 5.41 Å². The molecular formula is C22H27N5S. The molecule has 2 atom stereocenters. The molecule has 0 aliphatic carbocycles. The molecular weight excluding hydrogens is 366 g/mol. The fourth-order valence-corrected chi connectivity index (χ4v) is 3.48. The van der Waals surface area contributed by atoms with Gasteiger partial charge in [0.15, 0.2) is 0 Å². The van der Waals surface area contributed by atoms with E-state index in [-0.39, 0.29) is 0 Å². The Kier molecular flexibility index (Phi) is 7.28. The zero-order valence-electron chi connectivity index (χ0n) is 16.0. The average molecular weight is 394 g/mol. The van der Waals surface area contributed by atoms with Crippen molar-refractivity contribution in [1.82, 2.24) is 15.5 Å². The van der Waals surface area contributed by atoms with E-state index in [1.165, 1.54) is 12.6 Å². The second-order valence-corrected chi connectivity index (χ2v) is 7.58. The summed E-state index contributed by atoms with van der Waals surface area (Å²) in [5.41, 5.74) is 4.05. The predicted octanol–water partition coefficient (Wildman–Crippen LogP) is 4.46. The summed E-state index contributed by atoms with van der Waals surface area (Å²) in [6.45, 7) is 4.24. The first-order valence-electron chi connectivity index (χ1n) is 9.50. The van der Waals surface area contributed by atoms with E-state index in [1.54, 1.807) is 6.20 Å². The van der Waals surface area contributed by atoms with Gasteiger partial charge in [0, 0.05) is 46.7 Å². The SMILES string of the molecule is CC1CC(CNc2ccc(-c3cn[nH]c3)cc2C=N)CN1.Sc1ccccc1. The molecule has 6 heteroatoms. The summed E-state index contributed by atoms with van der Waals surface area (Å²) < 4.78 is 0. The topological polar surface area (TPSA) is 76.6 Å². The average Bonchev–Trinajstić information content (AvgIpc) is 3.39. The van der Waals surface area contributed by atoms with Crippen LogP contribution in [0.1, 0.15) is 18.9 Å². The number of benzene rings is 2. The number of H-pyrrole nitrogens is 1. The number of thiol groups is 1. The Labute approximate surface area is 171 Å². The second kappa shape index (κ2) is 10.1. The third-order valence-electron chi connectivity index (χ3n) is 4.82. The van der Waals surface area contributed by atoms with Gasteiger partial charge in [-0.3, -0.25) is 5.10 Å². The number of anilines is 1. The van der Waals surface area contributed by atoms with Gasteiger partial charge in [0.05, 0.1) is 6.20 Å². The lowest BCUT2D eigenvalue weighted by Crippen LogP contribution is -2.19. The van der Waals surface area contributed by atoms with Crippen LogP contribution in [0.2, 0.25) is 0 Å². The third kappa shape index (κ3) is 5.71. The molecule has 4 rings (SSSR count). The van der Waals surface area contributed by atoms with Crippen molar-refractivity contribution in [2.24, 2.45) is 5.92 Å². The molecule has 0 saturated carbocycles. The van der Waals surface area contributed by atoms with Crippen molar-refractivity contribution in [3.63, 3.8) is 0 Å². The van der Waals surface area contributed by atoms with Crippen molar-refractivity contribution < 1.29 is 0 Å². The maximum atomic E-state index is 7.63. The summed E-state index contributed by atoms with van der Waals surface area (Å²) in [7, 11) is 0. The summed E-state index contributed by atoms with van der Waals surface area (Å²) in [6.07, 6.45) is 6.27. The molecule has 0 spiro atoms. The summed E-state index contributed by atoms with van der Waals surface area (Å²) in [6, 6.07) is 16.5. The Morgan fingerprint density at radius 2 is 2.04 bits per heavy atom. The van der Waals surface area contributed by atoms with E-state index in [2.05, 4.69) is 52.5 Å². The first kappa shape index (κ1) is 20.2. The van der Waals surface area contributed by atoms with Crippen LogP contribution in [0.15, 0.2) is 65.8 Å². The molecule has 1 fully saturated rings. The molecule has 146 valence electrons. The Balaban J connectivity index is 0.000000271. The highest BCUT2D eigenvalue weighted by molar-refractivity contribution is 7.80. The monoisotopic (exact) mass is 393 g/mol. The zero-order valence-corrected chi connectivity index (χ0v) is 16.9. The second-order valence-electron chi connectivity index (χ2n) is 7.06. The molecule has 0 amide bonds. The fraction of sp³-hybridized carbons (Fsp3) is 0.273. The molecule has 3 aromatic rings. The zero-order chi connectivity index (χ0) is 19.8.